The summed E-state index contributed by atoms with van der Waals surface area (Å²) in [6, 6.07) is 8.22. The zero-order chi connectivity index (χ0) is 13.7. The maximum Gasteiger partial charge on any atom is 0.134 e. The number of hydrogen-bond donors (Lipinski definition) is 1. The van der Waals surface area contributed by atoms with E-state index in [1.54, 1.807) is 0 Å². The molecule has 3 nitrogen and oxygen atoms in total. The highest BCUT2D eigenvalue weighted by Crippen LogP contribution is 2.21. The average Bonchev–Trinajstić information content (AvgIpc) is 2.80. The Hall–Kier alpha value is -1.32. The van der Waals surface area contributed by atoms with Crippen molar-refractivity contribution in [2.24, 2.45) is 11.7 Å². The van der Waals surface area contributed by atoms with Crippen LogP contribution in [-0.4, -0.2) is 31.6 Å². The Kier molecular flexibility index (Phi) is 5.00. The molecule has 2 rings (SSSR count). The molecule has 2 aromatic rings. The van der Waals surface area contributed by atoms with Gasteiger partial charge in [-0.15, -0.1) is 0 Å². The van der Waals surface area contributed by atoms with Gasteiger partial charge in [-0.25, -0.2) is 0 Å². The van der Waals surface area contributed by atoms with Gasteiger partial charge in [0.2, 0.25) is 0 Å². The lowest BCUT2D eigenvalue weighted by Crippen LogP contribution is -2.27. The van der Waals surface area contributed by atoms with Gasteiger partial charge in [-0.1, -0.05) is 25.1 Å². The minimum atomic E-state index is 0.663. The molecule has 2 N–H and O–H groups in total. The molecule has 0 aliphatic carbocycles. The first-order chi connectivity index (χ1) is 9.20. The number of nitrogens with zero attached hydrogens (tertiary/aromatic N) is 1. The normalized spacial score (nSPS) is 13.3. The van der Waals surface area contributed by atoms with Gasteiger partial charge in [0, 0.05) is 18.5 Å². The van der Waals surface area contributed by atoms with Crippen LogP contribution in [0.25, 0.3) is 11.0 Å². The number of benzene rings is 1. The van der Waals surface area contributed by atoms with Crippen molar-refractivity contribution in [2.75, 3.05) is 26.7 Å². The predicted octanol–water partition coefficient (Wildman–Crippen LogP) is 2.89. The van der Waals surface area contributed by atoms with Crippen LogP contribution >= 0.6 is 0 Å². The first kappa shape index (κ1) is 14.1. The van der Waals surface area contributed by atoms with Crippen LogP contribution in [0.4, 0.5) is 0 Å². The molecule has 1 aromatic heterocycles. The van der Waals surface area contributed by atoms with Crippen LogP contribution in [0.3, 0.4) is 0 Å². The molecule has 19 heavy (non-hydrogen) atoms. The lowest BCUT2D eigenvalue weighted by Gasteiger charge is -2.20. The molecule has 0 aliphatic heterocycles. The molecule has 0 aliphatic rings. The molecule has 0 fully saturated rings. The van der Waals surface area contributed by atoms with Crippen molar-refractivity contribution in [1.82, 2.24) is 4.90 Å². The van der Waals surface area contributed by atoms with Crippen molar-refractivity contribution >= 4 is 11.0 Å². The van der Waals surface area contributed by atoms with E-state index >= 15 is 0 Å². The second-order valence-electron chi connectivity index (χ2n) is 5.45. The van der Waals surface area contributed by atoms with Gasteiger partial charge in [0.1, 0.15) is 5.58 Å². The minimum absolute atomic E-state index is 0.663. The molecule has 0 saturated heterocycles. The highest BCUT2D eigenvalue weighted by molar-refractivity contribution is 5.80. The monoisotopic (exact) mass is 260 g/mol. The average molecular weight is 260 g/mol. The predicted molar refractivity (Wildman–Crippen MR) is 80.3 cm³/mol. The van der Waals surface area contributed by atoms with Crippen molar-refractivity contribution < 1.29 is 4.42 Å². The summed E-state index contributed by atoms with van der Waals surface area (Å²) in [6.07, 6.45) is 4.02. The van der Waals surface area contributed by atoms with Crippen molar-refractivity contribution in [3.63, 3.8) is 0 Å². The molecule has 0 saturated carbocycles. The summed E-state index contributed by atoms with van der Waals surface area (Å²) in [5.74, 6) is 0.663. The number of hydrogen-bond acceptors (Lipinski definition) is 3. The van der Waals surface area contributed by atoms with E-state index in [1.807, 2.05) is 18.4 Å². The number of furan rings is 1. The molecule has 0 spiro atoms. The summed E-state index contributed by atoms with van der Waals surface area (Å²) in [4.78, 5) is 2.38. The van der Waals surface area contributed by atoms with Gasteiger partial charge < -0.3 is 15.1 Å². The van der Waals surface area contributed by atoms with Gasteiger partial charge in [-0.05, 0) is 44.0 Å². The van der Waals surface area contributed by atoms with Crippen LogP contribution in [0.2, 0.25) is 0 Å². The first-order valence-electron chi connectivity index (χ1n) is 7.04. The summed E-state index contributed by atoms with van der Waals surface area (Å²) >= 11 is 0. The fourth-order valence-electron chi connectivity index (χ4n) is 2.54. The zero-order valence-electron chi connectivity index (χ0n) is 11.9. The minimum Gasteiger partial charge on any atom is -0.464 e. The van der Waals surface area contributed by atoms with Gasteiger partial charge >= 0.3 is 0 Å². The second kappa shape index (κ2) is 6.73. The molecule has 0 radical (unpaired) electrons. The van der Waals surface area contributed by atoms with Crippen molar-refractivity contribution in [1.29, 1.82) is 0 Å². The summed E-state index contributed by atoms with van der Waals surface area (Å²) in [6.45, 7) is 5.20. The fraction of sp³-hybridized carbons (Fsp3) is 0.500. The maximum atomic E-state index is 5.59. The van der Waals surface area contributed by atoms with Gasteiger partial charge in [-0.2, -0.15) is 0 Å². The Morgan fingerprint density at radius 2 is 2.11 bits per heavy atom. The van der Waals surface area contributed by atoms with Crippen molar-refractivity contribution in [2.45, 2.75) is 19.8 Å². The van der Waals surface area contributed by atoms with Gasteiger partial charge in [0.15, 0.2) is 0 Å². The summed E-state index contributed by atoms with van der Waals surface area (Å²) in [7, 11) is 2.18. The van der Waals surface area contributed by atoms with Gasteiger partial charge in [0.05, 0.1) is 6.26 Å². The van der Waals surface area contributed by atoms with E-state index in [0.29, 0.717) is 5.92 Å². The van der Waals surface area contributed by atoms with Crippen LogP contribution < -0.4 is 5.73 Å². The van der Waals surface area contributed by atoms with E-state index < -0.39 is 0 Å². The van der Waals surface area contributed by atoms with E-state index in [9.17, 15) is 0 Å². The third kappa shape index (κ3) is 3.82. The van der Waals surface area contributed by atoms with E-state index in [1.165, 1.54) is 10.9 Å². The highest BCUT2D eigenvalue weighted by atomic mass is 16.3. The molecule has 1 aromatic carbocycles. The smallest absolute Gasteiger partial charge is 0.134 e. The van der Waals surface area contributed by atoms with Crippen molar-refractivity contribution in [3.8, 4) is 0 Å². The summed E-state index contributed by atoms with van der Waals surface area (Å²) < 4.78 is 5.57. The molecule has 0 bridgehead atoms. The quantitative estimate of drug-likeness (QED) is 0.832. The lowest BCUT2D eigenvalue weighted by atomic mass is 10.1. The number of fused-ring (bicyclic) bond motifs is 1. The van der Waals surface area contributed by atoms with Crippen LogP contribution in [-0.2, 0) is 6.42 Å². The molecule has 0 amide bonds. The van der Waals surface area contributed by atoms with E-state index in [2.05, 4.69) is 31.0 Å². The summed E-state index contributed by atoms with van der Waals surface area (Å²) in [5.41, 5.74) is 7.87. The Bertz CT molecular complexity index is 506. The molecular formula is C16H24N2O. The third-order valence-electron chi connectivity index (χ3n) is 3.61. The molecule has 3 heteroatoms. The molecule has 1 heterocycles. The first-order valence-corrected chi connectivity index (χ1v) is 7.04. The van der Waals surface area contributed by atoms with Crippen LogP contribution in [0, 0.1) is 5.92 Å². The van der Waals surface area contributed by atoms with Crippen LogP contribution in [0.1, 0.15) is 18.9 Å². The van der Waals surface area contributed by atoms with E-state index in [4.69, 9.17) is 10.2 Å². The molecular weight excluding hydrogens is 236 g/mol. The number of likely N-dealkylation sites (N-methyl/N-ethyl adjacent to an activating group) is 1. The largest absolute Gasteiger partial charge is 0.464 e. The van der Waals surface area contributed by atoms with Crippen molar-refractivity contribution in [3.05, 3.63) is 36.1 Å². The Morgan fingerprint density at radius 3 is 2.89 bits per heavy atom. The zero-order valence-corrected chi connectivity index (χ0v) is 11.9. The maximum absolute atomic E-state index is 5.59. The SMILES string of the molecule is CC(CCN)CN(C)CCc1coc2ccccc12. The molecule has 1 unspecified atom stereocenters. The van der Waals surface area contributed by atoms with Gasteiger partial charge in [0.25, 0.3) is 0 Å². The Morgan fingerprint density at radius 1 is 1.32 bits per heavy atom. The third-order valence-corrected chi connectivity index (χ3v) is 3.61. The number of nitrogens with two attached hydrogens (primary N) is 1. The number of rotatable bonds is 7. The Balaban J connectivity index is 1.88. The van der Waals surface area contributed by atoms with E-state index in [0.717, 1.165) is 38.1 Å². The van der Waals surface area contributed by atoms with Gasteiger partial charge in [-0.3, -0.25) is 0 Å². The van der Waals surface area contributed by atoms with E-state index in [-0.39, 0.29) is 0 Å². The molecule has 1 atom stereocenters. The Labute approximate surface area is 115 Å². The summed E-state index contributed by atoms with van der Waals surface area (Å²) in [5, 5.41) is 1.24. The lowest BCUT2D eigenvalue weighted by molar-refractivity contribution is 0.283. The number of para-hydroxylation sites is 1. The van der Waals surface area contributed by atoms with Crippen LogP contribution in [0.15, 0.2) is 34.9 Å². The standard InChI is InChI=1S/C16H24N2O/c1-13(7-9-17)11-18(2)10-8-14-12-19-16-6-4-3-5-15(14)16/h3-6,12-13H,7-11,17H2,1-2H3. The fourth-order valence-corrected chi connectivity index (χ4v) is 2.54. The van der Waals surface area contributed by atoms with Crippen LogP contribution in [0.5, 0.6) is 0 Å². The molecule has 104 valence electrons. The topological polar surface area (TPSA) is 42.4 Å². The second-order valence-corrected chi connectivity index (χ2v) is 5.45. The highest BCUT2D eigenvalue weighted by Gasteiger charge is 2.08.